The van der Waals surface area contributed by atoms with Crippen molar-refractivity contribution in [1.29, 1.82) is 0 Å². The number of hydrogen-bond acceptors (Lipinski definition) is 7. The maximum absolute atomic E-state index is 14.7. The maximum atomic E-state index is 14.7. The van der Waals surface area contributed by atoms with Gasteiger partial charge in [0.05, 0.1) is 17.5 Å². The molecule has 7 nitrogen and oxygen atoms in total. The van der Waals surface area contributed by atoms with Crippen molar-refractivity contribution in [1.82, 2.24) is 15.0 Å². The Balaban J connectivity index is 0.00000166. The van der Waals surface area contributed by atoms with Gasteiger partial charge in [0, 0.05) is 44.2 Å². The van der Waals surface area contributed by atoms with Crippen LogP contribution in [0.15, 0.2) is 47.3 Å². The Labute approximate surface area is 183 Å². The molecule has 0 spiro atoms. The van der Waals surface area contributed by atoms with Gasteiger partial charge in [0.15, 0.2) is 11.6 Å². The van der Waals surface area contributed by atoms with Crippen LogP contribution in [0.5, 0.6) is 0 Å². The Morgan fingerprint density at radius 2 is 1.97 bits per heavy atom. The molecule has 1 atom stereocenters. The first kappa shape index (κ1) is 24.1. The summed E-state index contributed by atoms with van der Waals surface area (Å²) in [6.07, 6.45) is 8.73. The number of nitrogens with one attached hydrogen (secondary N) is 1. The normalized spacial score (nSPS) is 14.6. The summed E-state index contributed by atoms with van der Waals surface area (Å²) in [7, 11) is 3.75. The fourth-order valence-electron chi connectivity index (χ4n) is 3.20. The van der Waals surface area contributed by atoms with Crippen LogP contribution in [0.1, 0.15) is 64.4 Å². The molecule has 0 aromatic carbocycles. The third-order valence-electron chi connectivity index (χ3n) is 4.86. The molecule has 2 heterocycles. The first-order valence-electron chi connectivity index (χ1n) is 10.5. The van der Waals surface area contributed by atoms with Crippen LogP contribution in [0.25, 0.3) is 5.57 Å². The average Bonchev–Trinajstić information content (AvgIpc) is 2.95. The highest BCUT2D eigenvalue weighted by molar-refractivity contribution is 5.77. The number of halogens is 1. The summed E-state index contributed by atoms with van der Waals surface area (Å²) in [5.41, 5.74) is 3.58. The largest absolute Gasteiger partial charge is 0.373 e. The van der Waals surface area contributed by atoms with E-state index >= 15 is 0 Å². The number of pyridine rings is 1. The second kappa shape index (κ2) is 11.3. The molecule has 2 aromatic rings. The minimum atomic E-state index is -0.567. The van der Waals surface area contributed by atoms with Crippen LogP contribution in [-0.4, -0.2) is 29.0 Å². The predicted octanol–water partition coefficient (Wildman–Crippen LogP) is 6.35. The highest BCUT2D eigenvalue weighted by Gasteiger charge is 2.18. The van der Waals surface area contributed by atoms with Gasteiger partial charge < -0.3 is 10.2 Å². The lowest BCUT2D eigenvalue weighted by Crippen LogP contribution is -2.14. The van der Waals surface area contributed by atoms with E-state index in [0.29, 0.717) is 34.9 Å². The zero-order valence-corrected chi connectivity index (χ0v) is 19.1. The monoisotopic (exact) mass is 426 g/mol. The Bertz CT molecular complexity index is 970. The Morgan fingerprint density at radius 3 is 2.65 bits per heavy atom. The Hall–Kier alpha value is -3.16. The molecule has 3 rings (SSSR count). The summed E-state index contributed by atoms with van der Waals surface area (Å²) < 4.78 is 14.7. The van der Waals surface area contributed by atoms with Gasteiger partial charge in [0.1, 0.15) is 11.9 Å². The predicted molar refractivity (Wildman–Crippen MR) is 125 cm³/mol. The number of nitrogens with zero attached hydrogens (tertiary/aromatic N) is 5. The molecule has 0 aliphatic heterocycles. The van der Waals surface area contributed by atoms with Gasteiger partial charge in [-0.25, -0.2) is 14.4 Å². The molecule has 31 heavy (non-hydrogen) atoms. The number of anilines is 3. The van der Waals surface area contributed by atoms with Crippen molar-refractivity contribution in [3.63, 3.8) is 0 Å². The van der Waals surface area contributed by atoms with E-state index in [2.05, 4.69) is 25.4 Å². The van der Waals surface area contributed by atoms with Gasteiger partial charge in [0.2, 0.25) is 0 Å². The highest BCUT2D eigenvalue weighted by atomic mass is 19.1. The Kier molecular flexibility index (Phi) is 8.78. The topological polar surface area (TPSA) is 83.4 Å². The molecule has 0 bridgehead atoms. The molecule has 8 heteroatoms. The van der Waals surface area contributed by atoms with Gasteiger partial charge in [0.25, 0.3) is 0 Å². The van der Waals surface area contributed by atoms with Crippen molar-refractivity contribution >= 4 is 22.8 Å². The van der Waals surface area contributed by atoms with E-state index in [4.69, 9.17) is 0 Å². The molecule has 0 fully saturated rings. The van der Waals surface area contributed by atoms with Crippen LogP contribution in [0.3, 0.4) is 0 Å². The molecule has 1 aliphatic rings. The second-order valence-corrected chi connectivity index (χ2v) is 7.35. The lowest BCUT2D eigenvalue weighted by molar-refractivity contribution is 0.580. The van der Waals surface area contributed by atoms with Crippen LogP contribution in [-0.2, 0) is 0 Å². The number of rotatable bonds is 6. The van der Waals surface area contributed by atoms with E-state index in [1.54, 1.807) is 31.6 Å². The van der Waals surface area contributed by atoms with Crippen LogP contribution in [0.4, 0.5) is 21.6 Å². The van der Waals surface area contributed by atoms with Crippen molar-refractivity contribution in [2.75, 3.05) is 24.3 Å². The maximum Gasteiger partial charge on any atom is 0.164 e. The standard InChI is InChI=1S/C21H25FN6O.C2H6/c1-13-6-5-7-17(22)15(10-13)20-24-12-19(28(3)4)21(26-20)25-18-8-9-23-11-16(18)14(2)27-29;1-2/h8-12,14H,5-7H2,1-4H3,(H,23,24,25,26);1-2H3. The van der Waals surface area contributed by atoms with E-state index in [1.165, 1.54) is 0 Å². The number of nitroso groups, excluding NO2 is 1. The molecule has 1 aliphatic carbocycles. The second-order valence-electron chi connectivity index (χ2n) is 7.35. The molecular weight excluding hydrogens is 395 g/mol. The summed E-state index contributed by atoms with van der Waals surface area (Å²) >= 11 is 0. The quantitative estimate of drug-likeness (QED) is 0.542. The lowest BCUT2D eigenvalue weighted by Gasteiger charge is -2.19. The highest BCUT2D eigenvalue weighted by Crippen LogP contribution is 2.33. The van der Waals surface area contributed by atoms with E-state index in [1.807, 2.05) is 45.8 Å². The molecule has 0 amide bonds. The third-order valence-corrected chi connectivity index (χ3v) is 4.86. The molecular formula is C23H31FN6O. The van der Waals surface area contributed by atoms with Crippen LogP contribution in [0.2, 0.25) is 0 Å². The van der Waals surface area contributed by atoms with Crippen molar-refractivity contribution < 1.29 is 4.39 Å². The summed E-state index contributed by atoms with van der Waals surface area (Å²) in [4.78, 5) is 26.0. The smallest absolute Gasteiger partial charge is 0.164 e. The molecule has 166 valence electrons. The number of allylic oxidation sites excluding steroid dienone is 4. The molecule has 0 saturated heterocycles. The van der Waals surface area contributed by atoms with E-state index in [-0.39, 0.29) is 5.83 Å². The minimum absolute atomic E-state index is 0.200. The molecule has 0 radical (unpaired) electrons. The summed E-state index contributed by atoms with van der Waals surface area (Å²) in [5.74, 6) is 0.643. The van der Waals surface area contributed by atoms with E-state index < -0.39 is 6.04 Å². The van der Waals surface area contributed by atoms with Crippen molar-refractivity contribution in [2.24, 2.45) is 5.18 Å². The fraction of sp³-hybridized carbons (Fsp3) is 0.435. The van der Waals surface area contributed by atoms with Crippen molar-refractivity contribution in [3.8, 4) is 0 Å². The summed E-state index contributed by atoms with van der Waals surface area (Å²) in [5, 5.41) is 6.36. The van der Waals surface area contributed by atoms with Crippen molar-refractivity contribution in [3.05, 3.63) is 58.4 Å². The molecule has 2 aromatic heterocycles. The molecule has 0 saturated carbocycles. The van der Waals surface area contributed by atoms with Gasteiger partial charge in [-0.05, 0) is 38.8 Å². The van der Waals surface area contributed by atoms with Gasteiger partial charge in [-0.3, -0.25) is 4.98 Å². The van der Waals surface area contributed by atoms with Gasteiger partial charge in [-0.1, -0.05) is 24.6 Å². The lowest BCUT2D eigenvalue weighted by atomic mass is 10.1. The summed E-state index contributed by atoms with van der Waals surface area (Å²) in [6.45, 7) is 7.69. The van der Waals surface area contributed by atoms with Gasteiger partial charge in [-0.15, -0.1) is 0 Å². The third kappa shape index (κ3) is 5.93. The minimum Gasteiger partial charge on any atom is -0.373 e. The SMILES string of the molecule is CC.CC1=CC(c2ncc(N(C)C)c(Nc3ccncc3C(C)N=O)n2)=C(F)CCC1. The summed E-state index contributed by atoms with van der Waals surface area (Å²) in [6, 6.07) is 1.19. The van der Waals surface area contributed by atoms with Crippen molar-refractivity contribution in [2.45, 2.75) is 53.0 Å². The zero-order valence-electron chi connectivity index (χ0n) is 19.1. The zero-order chi connectivity index (χ0) is 23.0. The number of hydrogen-bond donors (Lipinski definition) is 1. The number of aromatic nitrogens is 3. The van der Waals surface area contributed by atoms with Crippen LogP contribution in [0, 0.1) is 4.91 Å². The van der Waals surface area contributed by atoms with Gasteiger partial charge in [-0.2, -0.15) is 4.91 Å². The van der Waals surface area contributed by atoms with E-state index in [0.717, 1.165) is 24.1 Å². The average molecular weight is 427 g/mol. The Morgan fingerprint density at radius 1 is 1.23 bits per heavy atom. The van der Waals surface area contributed by atoms with Crippen LogP contribution >= 0.6 is 0 Å². The van der Waals surface area contributed by atoms with Gasteiger partial charge >= 0.3 is 0 Å². The van der Waals surface area contributed by atoms with E-state index in [9.17, 15) is 9.30 Å². The molecule has 1 unspecified atom stereocenters. The fourth-order valence-corrected chi connectivity index (χ4v) is 3.20. The van der Waals surface area contributed by atoms with Crippen LogP contribution < -0.4 is 10.2 Å². The molecule has 1 N–H and O–H groups in total. The first-order chi connectivity index (χ1) is 14.9. The first-order valence-corrected chi connectivity index (χ1v) is 10.5.